The van der Waals surface area contributed by atoms with Crippen LogP contribution in [0.5, 0.6) is 5.75 Å². The van der Waals surface area contributed by atoms with Gasteiger partial charge in [0.1, 0.15) is 5.75 Å². The van der Waals surface area contributed by atoms with Crippen molar-refractivity contribution in [2.24, 2.45) is 7.05 Å². The molecule has 1 N–H and O–H groups in total. The van der Waals surface area contributed by atoms with Gasteiger partial charge in [-0.1, -0.05) is 24.3 Å². The van der Waals surface area contributed by atoms with Crippen molar-refractivity contribution in [3.8, 4) is 17.1 Å². The number of hydrogen-bond donors (Lipinski definition) is 1. The van der Waals surface area contributed by atoms with Crippen molar-refractivity contribution in [2.75, 3.05) is 6.61 Å². The number of aryl methyl sites for hydroxylation is 2. The maximum absolute atomic E-state index is 12.9. The van der Waals surface area contributed by atoms with Crippen molar-refractivity contribution in [3.63, 3.8) is 0 Å². The molecule has 0 aliphatic rings. The monoisotopic (exact) mass is 430 g/mol. The number of hydrogen-bond acceptors (Lipinski definition) is 5. The summed E-state index contributed by atoms with van der Waals surface area (Å²) in [4.78, 5) is 27.8. The van der Waals surface area contributed by atoms with E-state index in [1.807, 2.05) is 62.4 Å². The van der Waals surface area contributed by atoms with Gasteiger partial charge in [0.15, 0.2) is 17.0 Å². The van der Waals surface area contributed by atoms with Crippen LogP contribution in [0.15, 0.2) is 58.1 Å². The first-order valence-corrected chi connectivity index (χ1v) is 10.3. The first-order valence-electron chi connectivity index (χ1n) is 10.3. The third-order valence-electron chi connectivity index (χ3n) is 5.65. The molecule has 0 aliphatic heterocycles. The quantitative estimate of drug-likeness (QED) is 0.462. The standard InChI is InChI=1S/C23H22N6O3/c1-4-32-17-11-9-15(10-12-17)19-25-26-22-28(13-16-8-6-5-7-14(16)2)18-20(30)24-23(31)27(3)21(18)29(19)22/h5-12H,4,13H2,1-3H3,(H,24,30,31). The van der Waals surface area contributed by atoms with Gasteiger partial charge in [-0.2, -0.15) is 0 Å². The molecule has 0 unspecified atom stereocenters. The SMILES string of the molecule is CCOc1ccc(-c2nnc3n(Cc4ccccc4C)c4c(=O)[nH]c(=O)n(C)c4n23)cc1. The molecular weight excluding hydrogens is 408 g/mol. The maximum atomic E-state index is 12.9. The van der Waals surface area contributed by atoms with Crippen LogP contribution in [0.2, 0.25) is 0 Å². The van der Waals surface area contributed by atoms with E-state index in [2.05, 4.69) is 15.2 Å². The lowest BCUT2D eigenvalue weighted by atomic mass is 10.1. The molecule has 0 spiro atoms. The Morgan fingerprint density at radius 1 is 1.03 bits per heavy atom. The second-order valence-corrected chi connectivity index (χ2v) is 7.62. The highest BCUT2D eigenvalue weighted by Crippen LogP contribution is 2.26. The van der Waals surface area contributed by atoms with Crippen LogP contribution >= 0.6 is 0 Å². The Hall–Kier alpha value is -4.14. The lowest BCUT2D eigenvalue weighted by Crippen LogP contribution is -2.29. The molecule has 0 saturated carbocycles. The predicted octanol–water partition coefficient (Wildman–Crippen LogP) is 2.49. The summed E-state index contributed by atoms with van der Waals surface area (Å²) in [6.45, 7) is 4.94. The van der Waals surface area contributed by atoms with Crippen LogP contribution in [-0.2, 0) is 13.6 Å². The van der Waals surface area contributed by atoms with Gasteiger partial charge in [-0.15, -0.1) is 10.2 Å². The Bertz CT molecular complexity index is 1570. The number of fused-ring (bicyclic) bond motifs is 3. The Morgan fingerprint density at radius 3 is 2.50 bits per heavy atom. The van der Waals surface area contributed by atoms with Gasteiger partial charge in [-0.05, 0) is 49.2 Å². The summed E-state index contributed by atoms with van der Waals surface area (Å²) in [6.07, 6.45) is 0. The van der Waals surface area contributed by atoms with E-state index in [-0.39, 0.29) is 0 Å². The lowest BCUT2D eigenvalue weighted by Gasteiger charge is -2.07. The zero-order chi connectivity index (χ0) is 22.4. The fraction of sp³-hybridized carbons (Fsp3) is 0.217. The van der Waals surface area contributed by atoms with Gasteiger partial charge in [-0.3, -0.25) is 18.9 Å². The topological polar surface area (TPSA) is 99.2 Å². The number of ether oxygens (including phenoxy) is 1. The zero-order valence-corrected chi connectivity index (χ0v) is 18.0. The van der Waals surface area contributed by atoms with Crippen LogP contribution < -0.4 is 16.0 Å². The molecule has 0 atom stereocenters. The first kappa shape index (κ1) is 19.8. The number of H-pyrrole nitrogens is 1. The zero-order valence-electron chi connectivity index (χ0n) is 18.0. The van der Waals surface area contributed by atoms with Crippen molar-refractivity contribution < 1.29 is 4.74 Å². The molecule has 9 nitrogen and oxygen atoms in total. The molecule has 32 heavy (non-hydrogen) atoms. The minimum absolute atomic E-state index is 0.368. The summed E-state index contributed by atoms with van der Waals surface area (Å²) in [5.41, 5.74) is 2.79. The molecule has 0 amide bonds. The molecule has 9 heteroatoms. The van der Waals surface area contributed by atoms with Crippen LogP contribution in [0.3, 0.4) is 0 Å². The molecule has 0 fully saturated rings. The van der Waals surface area contributed by atoms with E-state index in [1.54, 1.807) is 16.0 Å². The molecule has 0 bridgehead atoms. The number of imidazole rings is 1. The number of benzene rings is 2. The summed E-state index contributed by atoms with van der Waals surface area (Å²) < 4.78 is 10.5. The number of nitrogens with zero attached hydrogens (tertiary/aromatic N) is 5. The normalized spacial score (nSPS) is 11.5. The van der Waals surface area contributed by atoms with Crippen molar-refractivity contribution in [3.05, 3.63) is 80.5 Å². The van der Waals surface area contributed by atoms with E-state index in [4.69, 9.17) is 4.74 Å². The highest BCUT2D eigenvalue weighted by molar-refractivity contribution is 5.80. The second-order valence-electron chi connectivity index (χ2n) is 7.62. The van der Waals surface area contributed by atoms with Gasteiger partial charge >= 0.3 is 5.69 Å². The molecule has 5 aromatic rings. The summed E-state index contributed by atoms with van der Waals surface area (Å²) in [6, 6.07) is 15.5. The van der Waals surface area contributed by atoms with E-state index >= 15 is 0 Å². The van der Waals surface area contributed by atoms with Crippen molar-refractivity contribution >= 4 is 16.9 Å². The molecule has 0 aliphatic carbocycles. The molecule has 3 aromatic heterocycles. The van der Waals surface area contributed by atoms with Crippen LogP contribution in [0.25, 0.3) is 28.3 Å². The van der Waals surface area contributed by atoms with Crippen molar-refractivity contribution in [1.82, 2.24) is 28.7 Å². The maximum Gasteiger partial charge on any atom is 0.329 e. The molecule has 162 valence electrons. The lowest BCUT2D eigenvalue weighted by molar-refractivity contribution is 0.340. The van der Waals surface area contributed by atoms with E-state index in [1.165, 1.54) is 4.57 Å². The summed E-state index contributed by atoms with van der Waals surface area (Å²) in [5, 5.41) is 8.81. The minimum Gasteiger partial charge on any atom is -0.494 e. The van der Waals surface area contributed by atoms with Crippen LogP contribution in [0, 0.1) is 6.92 Å². The number of aromatic nitrogens is 6. The Kier molecular flexibility index (Phi) is 4.66. The largest absolute Gasteiger partial charge is 0.494 e. The van der Waals surface area contributed by atoms with Crippen molar-refractivity contribution in [1.29, 1.82) is 0 Å². The molecule has 3 heterocycles. The number of rotatable bonds is 5. The molecular formula is C23H22N6O3. The number of aromatic amines is 1. The van der Waals surface area contributed by atoms with Crippen LogP contribution in [0.4, 0.5) is 0 Å². The Morgan fingerprint density at radius 2 is 1.78 bits per heavy atom. The van der Waals surface area contributed by atoms with Crippen LogP contribution in [0.1, 0.15) is 18.1 Å². The Labute approximate surface area is 182 Å². The minimum atomic E-state index is -0.496. The van der Waals surface area contributed by atoms with Gasteiger partial charge in [0.05, 0.1) is 13.2 Å². The smallest absolute Gasteiger partial charge is 0.329 e. The summed E-state index contributed by atoms with van der Waals surface area (Å²) >= 11 is 0. The highest BCUT2D eigenvalue weighted by atomic mass is 16.5. The summed E-state index contributed by atoms with van der Waals surface area (Å²) in [7, 11) is 1.63. The molecule has 0 saturated heterocycles. The van der Waals surface area contributed by atoms with Crippen LogP contribution in [-0.4, -0.2) is 35.3 Å². The van der Waals surface area contributed by atoms with E-state index in [0.29, 0.717) is 35.9 Å². The molecule has 0 radical (unpaired) electrons. The third kappa shape index (κ3) is 3.01. The van der Waals surface area contributed by atoms with E-state index < -0.39 is 11.2 Å². The fourth-order valence-electron chi connectivity index (χ4n) is 4.00. The van der Waals surface area contributed by atoms with E-state index in [0.717, 1.165) is 22.4 Å². The van der Waals surface area contributed by atoms with Crippen molar-refractivity contribution in [2.45, 2.75) is 20.4 Å². The highest BCUT2D eigenvalue weighted by Gasteiger charge is 2.23. The fourth-order valence-corrected chi connectivity index (χ4v) is 4.00. The first-order chi connectivity index (χ1) is 15.5. The van der Waals surface area contributed by atoms with Gasteiger partial charge < -0.3 is 4.74 Å². The molecule has 5 rings (SSSR count). The van der Waals surface area contributed by atoms with Gasteiger partial charge in [0.25, 0.3) is 5.56 Å². The Balaban J connectivity index is 1.81. The predicted molar refractivity (Wildman–Crippen MR) is 121 cm³/mol. The average Bonchev–Trinajstić information content (AvgIpc) is 3.34. The number of nitrogens with one attached hydrogen (secondary N) is 1. The van der Waals surface area contributed by atoms with Gasteiger partial charge in [0, 0.05) is 12.6 Å². The van der Waals surface area contributed by atoms with Gasteiger partial charge in [0.2, 0.25) is 5.78 Å². The molecule has 2 aromatic carbocycles. The average molecular weight is 430 g/mol. The second kappa shape index (κ2) is 7.52. The van der Waals surface area contributed by atoms with Gasteiger partial charge in [-0.25, -0.2) is 9.20 Å². The third-order valence-corrected chi connectivity index (χ3v) is 5.65. The van der Waals surface area contributed by atoms with E-state index in [9.17, 15) is 9.59 Å². The summed E-state index contributed by atoms with van der Waals surface area (Å²) in [5.74, 6) is 1.78.